The van der Waals surface area contributed by atoms with Crippen molar-refractivity contribution in [3.63, 3.8) is 0 Å². The van der Waals surface area contributed by atoms with E-state index in [4.69, 9.17) is 24.8 Å². The number of pyridine rings is 1. The highest BCUT2D eigenvalue weighted by atomic mass is 16.4. The van der Waals surface area contributed by atoms with Crippen LogP contribution in [-0.2, 0) is 27.5 Å². The fraction of sp³-hybridized carbons (Fsp3) is 0.469. The second-order valence-electron chi connectivity index (χ2n) is 12.8. The molecule has 0 spiro atoms. The Morgan fingerprint density at radius 1 is 0.977 bits per heavy atom. The lowest BCUT2D eigenvalue weighted by molar-refractivity contribution is -0.170. The smallest absolute Gasteiger partial charge is 0.336 e. The molecule has 5 N–H and O–H groups in total. The van der Waals surface area contributed by atoms with Gasteiger partial charge in [0.1, 0.15) is 5.58 Å². The van der Waals surface area contributed by atoms with E-state index in [0.29, 0.717) is 29.1 Å². The Kier molecular flexibility index (Phi) is 10.7. The van der Waals surface area contributed by atoms with Crippen molar-refractivity contribution in [1.82, 2.24) is 15.2 Å². The van der Waals surface area contributed by atoms with Gasteiger partial charge in [-0.05, 0) is 77.3 Å². The minimum absolute atomic E-state index is 0.0219. The molecule has 1 aliphatic rings. The van der Waals surface area contributed by atoms with Gasteiger partial charge in [0.05, 0.1) is 24.5 Å². The molecule has 238 valence electrons. The Balaban J connectivity index is 0.000000345. The van der Waals surface area contributed by atoms with Gasteiger partial charge in [0.2, 0.25) is 0 Å². The van der Waals surface area contributed by atoms with Gasteiger partial charge in [-0.2, -0.15) is 0 Å². The summed E-state index contributed by atoms with van der Waals surface area (Å²) in [4.78, 5) is 50.4. The van der Waals surface area contributed by atoms with Crippen LogP contribution >= 0.6 is 0 Å². The van der Waals surface area contributed by atoms with Crippen molar-refractivity contribution in [2.75, 3.05) is 0 Å². The van der Waals surface area contributed by atoms with Crippen LogP contribution in [0.1, 0.15) is 70.1 Å². The largest absolute Gasteiger partial charge is 0.481 e. The van der Waals surface area contributed by atoms with Gasteiger partial charge in [0.15, 0.2) is 11.0 Å². The SMILES string of the molecule is Cc1ccc2occ(CN(Cc3ccncc3)C3CC(C)(C)NC(C)(C)C3)c(=O)c2c1.O=C(O)CC(O)(CC(=O)O)C(=O)O. The average molecular weight is 612 g/mol. The number of piperidine rings is 1. The monoisotopic (exact) mass is 611 g/mol. The average Bonchev–Trinajstić information content (AvgIpc) is 2.88. The summed E-state index contributed by atoms with van der Waals surface area (Å²) in [5.41, 5.74) is 0.986. The Morgan fingerprint density at radius 3 is 2.07 bits per heavy atom. The number of rotatable bonds is 10. The third-order valence-electron chi connectivity index (χ3n) is 7.48. The first-order valence-electron chi connectivity index (χ1n) is 14.2. The van der Waals surface area contributed by atoms with Crippen LogP contribution in [0.4, 0.5) is 0 Å². The summed E-state index contributed by atoms with van der Waals surface area (Å²) in [5, 5.41) is 38.2. The number of hydrogen-bond acceptors (Lipinski definition) is 9. The van der Waals surface area contributed by atoms with E-state index in [-0.39, 0.29) is 16.5 Å². The second-order valence-corrected chi connectivity index (χ2v) is 12.8. The van der Waals surface area contributed by atoms with Crippen LogP contribution in [0.2, 0.25) is 0 Å². The molecule has 4 rings (SSSR count). The molecule has 12 nitrogen and oxygen atoms in total. The molecule has 0 unspecified atom stereocenters. The highest BCUT2D eigenvalue weighted by Gasteiger charge is 2.41. The molecule has 1 fully saturated rings. The first-order valence-corrected chi connectivity index (χ1v) is 14.2. The predicted octanol–water partition coefficient (Wildman–Crippen LogP) is 3.56. The fourth-order valence-corrected chi connectivity index (χ4v) is 5.89. The first kappa shape index (κ1) is 34.4. The van der Waals surface area contributed by atoms with E-state index in [9.17, 15) is 19.2 Å². The van der Waals surface area contributed by atoms with Gasteiger partial charge < -0.3 is 30.2 Å². The molecular weight excluding hydrogens is 570 g/mol. The highest BCUT2D eigenvalue weighted by molar-refractivity contribution is 5.88. The Hall–Kier alpha value is -4.13. The summed E-state index contributed by atoms with van der Waals surface area (Å²) in [6, 6.07) is 10.2. The lowest BCUT2D eigenvalue weighted by Gasteiger charge is -2.49. The van der Waals surface area contributed by atoms with Gasteiger partial charge in [-0.15, -0.1) is 0 Å². The molecule has 2 aromatic heterocycles. The van der Waals surface area contributed by atoms with Gasteiger partial charge in [0, 0.05) is 48.2 Å². The van der Waals surface area contributed by atoms with Crippen LogP contribution in [0.5, 0.6) is 0 Å². The summed E-state index contributed by atoms with van der Waals surface area (Å²) in [5.74, 6) is -5.02. The number of hydrogen-bond donors (Lipinski definition) is 5. The maximum Gasteiger partial charge on any atom is 0.336 e. The summed E-state index contributed by atoms with van der Waals surface area (Å²) in [7, 11) is 0. The van der Waals surface area contributed by atoms with E-state index in [1.807, 2.05) is 37.5 Å². The maximum atomic E-state index is 13.3. The zero-order valence-electron chi connectivity index (χ0n) is 25.7. The van der Waals surface area contributed by atoms with E-state index in [0.717, 1.165) is 24.9 Å². The quantitative estimate of drug-likeness (QED) is 0.224. The molecule has 0 saturated carbocycles. The van der Waals surface area contributed by atoms with Crippen LogP contribution < -0.4 is 10.7 Å². The second kappa shape index (κ2) is 13.7. The minimum Gasteiger partial charge on any atom is -0.481 e. The van der Waals surface area contributed by atoms with Crippen molar-refractivity contribution in [3.8, 4) is 0 Å². The van der Waals surface area contributed by atoms with Crippen LogP contribution in [-0.4, -0.2) is 70.9 Å². The Morgan fingerprint density at radius 2 is 1.55 bits per heavy atom. The number of aliphatic carboxylic acids is 3. The van der Waals surface area contributed by atoms with Gasteiger partial charge in [-0.3, -0.25) is 24.3 Å². The fourth-order valence-electron chi connectivity index (χ4n) is 5.89. The molecule has 1 saturated heterocycles. The molecule has 44 heavy (non-hydrogen) atoms. The molecule has 0 amide bonds. The predicted molar refractivity (Wildman–Crippen MR) is 162 cm³/mol. The zero-order valence-corrected chi connectivity index (χ0v) is 25.7. The first-order chi connectivity index (χ1) is 20.4. The highest BCUT2D eigenvalue weighted by Crippen LogP contribution is 2.33. The van der Waals surface area contributed by atoms with Crippen LogP contribution in [0.3, 0.4) is 0 Å². The summed E-state index contributed by atoms with van der Waals surface area (Å²) in [6.45, 7) is 12.4. The lowest BCUT2D eigenvalue weighted by Crippen LogP contribution is -2.62. The van der Waals surface area contributed by atoms with Crippen molar-refractivity contribution in [2.45, 2.75) is 96.1 Å². The number of nitrogens with one attached hydrogen (secondary N) is 1. The van der Waals surface area contributed by atoms with Gasteiger partial charge >= 0.3 is 17.9 Å². The molecule has 0 atom stereocenters. The number of benzene rings is 1. The number of carboxylic acid groups (broad SMARTS) is 3. The van der Waals surface area contributed by atoms with Crippen LogP contribution in [0.25, 0.3) is 11.0 Å². The summed E-state index contributed by atoms with van der Waals surface area (Å²) >= 11 is 0. The van der Waals surface area contributed by atoms with Gasteiger partial charge in [-0.25, -0.2) is 4.79 Å². The van der Waals surface area contributed by atoms with Crippen molar-refractivity contribution in [1.29, 1.82) is 0 Å². The summed E-state index contributed by atoms with van der Waals surface area (Å²) < 4.78 is 5.85. The molecule has 3 aromatic rings. The molecule has 12 heteroatoms. The van der Waals surface area contributed by atoms with Crippen LogP contribution in [0, 0.1) is 6.92 Å². The molecule has 1 aromatic carbocycles. The van der Waals surface area contributed by atoms with Gasteiger partial charge in [-0.1, -0.05) is 11.6 Å². The number of aromatic nitrogens is 1. The Labute approximate surface area is 255 Å². The van der Waals surface area contributed by atoms with E-state index < -0.39 is 36.4 Å². The normalized spacial score (nSPS) is 16.2. The maximum absolute atomic E-state index is 13.3. The number of aliphatic hydroxyl groups is 1. The topological polar surface area (TPSA) is 190 Å². The van der Waals surface area contributed by atoms with E-state index in [1.165, 1.54) is 5.56 Å². The number of fused-ring (bicyclic) bond motifs is 1. The lowest BCUT2D eigenvalue weighted by atomic mass is 9.79. The molecule has 0 aliphatic carbocycles. The van der Waals surface area contributed by atoms with E-state index in [2.05, 4.69) is 55.0 Å². The molecule has 3 heterocycles. The molecule has 0 radical (unpaired) electrons. The third-order valence-corrected chi connectivity index (χ3v) is 7.48. The van der Waals surface area contributed by atoms with Crippen molar-refractivity contribution in [2.24, 2.45) is 0 Å². The van der Waals surface area contributed by atoms with Crippen molar-refractivity contribution in [3.05, 3.63) is 75.9 Å². The number of carboxylic acids is 3. The van der Waals surface area contributed by atoms with Crippen molar-refractivity contribution < 1.29 is 39.2 Å². The van der Waals surface area contributed by atoms with Crippen LogP contribution in [0.15, 0.2) is 58.2 Å². The van der Waals surface area contributed by atoms with Crippen molar-refractivity contribution >= 4 is 28.9 Å². The molecule has 1 aliphatic heterocycles. The van der Waals surface area contributed by atoms with E-state index >= 15 is 0 Å². The number of nitrogens with zero attached hydrogens (tertiary/aromatic N) is 2. The summed E-state index contributed by atoms with van der Waals surface area (Å²) in [6.07, 6.45) is 5.05. The van der Waals surface area contributed by atoms with E-state index in [1.54, 1.807) is 6.26 Å². The minimum atomic E-state index is -2.74. The molecular formula is C32H41N3O9. The molecule has 0 bridgehead atoms. The standard InChI is InChI=1S/C26H33N3O2.C6H8O7/c1-18-6-7-23-22(12-18)24(30)20(17-31-23)16-29(15-19-8-10-27-11-9-19)21-13-25(2,3)28-26(4,5)14-21;7-3(8)1-6(13,5(11)12)2-4(9)10/h6-12,17,21,28H,13-16H2,1-5H3;13H,1-2H2,(H,7,8)(H,9,10)(H,11,12). The Bertz CT molecular complexity index is 1520. The number of aryl methyl sites for hydroxylation is 1. The zero-order chi connectivity index (χ0) is 32.9. The number of carbonyl (C=O) groups is 3. The van der Waals surface area contributed by atoms with Gasteiger partial charge in [0.25, 0.3) is 0 Å². The third kappa shape index (κ3) is 9.43.